The molecule has 2 aliphatic heterocycles. The van der Waals surface area contributed by atoms with Crippen LogP contribution in [0.15, 0.2) is 24.3 Å². The molecular formula is C23H34FN3O3. The summed E-state index contributed by atoms with van der Waals surface area (Å²) in [7, 11) is 0. The average Bonchev–Trinajstić information content (AvgIpc) is 2.76. The molecule has 3 rings (SSSR count). The molecule has 1 aromatic rings. The van der Waals surface area contributed by atoms with Crippen molar-refractivity contribution in [3.05, 3.63) is 35.6 Å². The Hall–Kier alpha value is -1.99. The van der Waals surface area contributed by atoms with E-state index in [1.165, 1.54) is 12.1 Å². The van der Waals surface area contributed by atoms with Gasteiger partial charge in [-0.1, -0.05) is 26.0 Å². The van der Waals surface area contributed by atoms with Crippen LogP contribution in [0, 0.1) is 17.7 Å². The quantitative estimate of drug-likeness (QED) is 0.735. The Kier molecular flexibility index (Phi) is 8.22. The largest absolute Gasteiger partial charge is 0.379 e. The van der Waals surface area contributed by atoms with Crippen molar-refractivity contribution in [1.29, 1.82) is 0 Å². The number of carbonyl (C=O) groups is 2. The molecule has 2 unspecified atom stereocenters. The molecular weight excluding hydrogens is 385 g/mol. The summed E-state index contributed by atoms with van der Waals surface area (Å²) in [5, 5.41) is 3.15. The maximum absolute atomic E-state index is 13.1. The molecule has 2 atom stereocenters. The number of benzene rings is 1. The van der Waals surface area contributed by atoms with E-state index in [1.807, 2.05) is 0 Å². The van der Waals surface area contributed by atoms with Crippen molar-refractivity contribution in [3.8, 4) is 0 Å². The van der Waals surface area contributed by atoms with Crippen LogP contribution in [0.25, 0.3) is 0 Å². The molecule has 7 heteroatoms. The Morgan fingerprint density at radius 2 is 1.87 bits per heavy atom. The van der Waals surface area contributed by atoms with Gasteiger partial charge in [-0.15, -0.1) is 0 Å². The highest BCUT2D eigenvalue weighted by molar-refractivity contribution is 5.82. The predicted molar refractivity (Wildman–Crippen MR) is 113 cm³/mol. The van der Waals surface area contributed by atoms with E-state index < -0.39 is 0 Å². The molecule has 2 aliphatic rings. The summed E-state index contributed by atoms with van der Waals surface area (Å²) >= 11 is 0. The van der Waals surface area contributed by atoms with Crippen molar-refractivity contribution >= 4 is 11.8 Å². The Balaban J connectivity index is 1.50. The molecule has 0 spiro atoms. The molecule has 166 valence electrons. The third kappa shape index (κ3) is 6.25. The first-order valence-electron chi connectivity index (χ1n) is 11.1. The van der Waals surface area contributed by atoms with Gasteiger partial charge in [-0.05, 0) is 36.5 Å². The fraction of sp³-hybridized carbons (Fsp3) is 0.652. The van der Waals surface area contributed by atoms with E-state index in [2.05, 4.69) is 24.1 Å². The van der Waals surface area contributed by atoms with E-state index in [0.29, 0.717) is 25.6 Å². The van der Waals surface area contributed by atoms with Gasteiger partial charge in [-0.3, -0.25) is 14.5 Å². The summed E-state index contributed by atoms with van der Waals surface area (Å²) in [5.41, 5.74) is 0.790. The van der Waals surface area contributed by atoms with Crippen LogP contribution in [0.4, 0.5) is 4.39 Å². The third-order valence-electron chi connectivity index (χ3n) is 6.18. The maximum Gasteiger partial charge on any atom is 0.227 e. The van der Waals surface area contributed by atoms with Crippen molar-refractivity contribution in [2.45, 2.75) is 39.2 Å². The van der Waals surface area contributed by atoms with Crippen LogP contribution in [-0.4, -0.2) is 73.6 Å². The monoisotopic (exact) mass is 419 g/mol. The topological polar surface area (TPSA) is 61.9 Å². The van der Waals surface area contributed by atoms with E-state index in [4.69, 9.17) is 4.74 Å². The Labute approximate surface area is 178 Å². The molecule has 2 amide bonds. The van der Waals surface area contributed by atoms with Gasteiger partial charge in [0.25, 0.3) is 0 Å². The van der Waals surface area contributed by atoms with E-state index in [-0.39, 0.29) is 36.0 Å². The van der Waals surface area contributed by atoms with Crippen LogP contribution in [0.3, 0.4) is 0 Å². The van der Waals surface area contributed by atoms with Crippen molar-refractivity contribution in [3.63, 3.8) is 0 Å². The highest BCUT2D eigenvalue weighted by Gasteiger charge is 2.30. The van der Waals surface area contributed by atoms with Crippen molar-refractivity contribution in [1.82, 2.24) is 15.1 Å². The lowest BCUT2D eigenvalue weighted by atomic mass is 9.95. The maximum atomic E-state index is 13.1. The molecule has 6 nitrogen and oxygen atoms in total. The van der Waals surface area contributed by atoms with Gasteiger partial charge in [0, 0.05) is 38.8 Å². The molecule has 2 heterocycles. The number of amides is 2. The van der Waals surface area contributed by atoms with Crippen molar-refractivity contribution in [2.75, 3.05) is 45.9 Å². The first-order valence-corrected chi connectivity index (χ1v) is 11.1. The van der Waals surface area contributed by atoms with E-state index in [9.17, 15) is 14.0 Å². The molecule has 0 aromatic heterocycles. The number of likely N-dealkylation sites (tertiary alicyclic amines) is 1. The van der Waals surface area contributed by atoms with Crippen LogP contribution >= 0.6 is 0 Å². The lowest BCUT2D eigenvalue weighted by molar-refractivity contribution is -0.135. The Bertz CT molecular complexity index is 704. The number of hydrogen-bond donors (Lipinski definition) is 1. The molecule has 0 saturated carbocycles. The smallest absolute Gasteiger partial charge is 0.227 e. The van der Waals surface area contributed by atoms with Crippen LogP contribution < -0.4 is 5.32 Å². The molecule has 0 aliphatic carbocycles. The number of morpholine rings is 1. The standard InChI is InChI=1S/C23H34FN3O3/c1-17(2)21(26-10-12-30-13-11-26)15-25-23(29)19-4-3-9-27(16-19)22(28)14-18-5-7-20(24)8-6-18/h5-8,17,19,21H,3-4,9-16H2,1-2H3,(H,25,29). The van der Waals surface area contributed by atoms with Gasteiger partial charge in [0.15, 0.2) is 0 Å². The molecule has 2 saturated heterocycles. The fourth-order valence-corrected chi connectivity index (χ4v) is 4.35. The highest BCUT2D eigenvalue weighted by atomic mass is 19.1. The van der Waals surface area contributed by atoms with Gasteiger partial charge < -0.3 is 15.0 Å². The second-order valence-corrected chi connectivity index (χ2v) is 8.69. The van der Waals surface area contributed by atoms with E-state index in [0.717, 1.165) is 44.7 Å². The number of piperidine rings is 1. The van der Waals surface area contributed by atoms with Gasteiger partial charge >= 0.3 is 0 Å². The summed E-state index contributed by atoms with van der Waals surface area (Å²) in [6.07, 6.45) is 1.86. The number of nitrogens with zero attached hydrogens (tertiary/aromatic N) is 2. The third-order valence-corrected chi connectivity index (χ3v) is 6.18. The second kappa shape index (κ2) is 10.9. The fourth-order valence-electron chi connectivity index (χ4n) is 4.35. The Morgan fingerprint density at radius 3 is 2.53 bits per heavy atom. The van der Waals surface area contributed by atoms with Gasteiger partial charge in [-0.2, -0.15) is 0 Å². The van der Waals surface area contributed by atoms with Crippen LogP contribution in [-0.2, 0) is 20.7 Å². The summed E-state index contributed by atoms with van der Waals surface area (Å²) in [5.74, 6) is -0.0182. The van der Waals surface area contributed by atoms with Gasteiger partial charge in [0.1, 0.15) is 5.82 Å². The number of ether oxygens (including phenoxy) is 1. The summed E-state index contributed by atoms with van der Waals surface area (Å²) in [6.45, 7) is 9.39. The minimum atomic E-state index is -0.308. The SMILES string of the molecule is CC(C)C(CNC(=O)C1CCCN(C(=O)Cc2ccc(F)cc2)C1)N1CCOCC1. The molecule has 0 bridgehead atoms. The number of rotatable bonds is 7. The van der Waals surface area contributed by atoms with Gasteiger partial charge in [0.2, 0.25) is 11.8 Å². The lowest BCUT2D eigenvalue weighted by Gasteiger charge is -2.37. The number of nitrogens with one attached hydrogen (secondary N) is 1. The van der Waals surface area contributed by atoms with E-state index >= 15 is 0 Å². The zero-order chi connectivity index (χ0) is 21.5. The zero-order valence-electron chi connectivity index (χ0n) is 18.1. The number of halogens is 1. The van der Waals surface area contributed by atoms with Gasteiger partial charge in [0.05, 0.1) is 25.6 Å². The minimum absolute atomic E-state index is 0.00696. The molecule has 30 heavy (non-hydrogen) atoms. The van der Waals surface area contributed by atoms with Crippen molar-refractivity contribution < 1.29 is 18.7 Å². The van der Waals surface area contributed by atoms with Crippen LogP contribution in [0.5, 0.6) is 0 Å². The average molecular weight is 420 g/mol. The molecule has 2 fully saturated rings. The summed E-state index contributed by atoms with van der Waals surface area (Å²) < 4.78 is 18.5. The normalized spacial score (nSPS) is 21.5. The van der Waals surface area contributed by atoms with Crippen LogP contribution in [0.1, 0.15) is 32.3 Å². The minimum Gasteiger partial charge on any atom is -0.379 e. The summed E-state index contributed by atoms with van der Waals surface area (Å²) in [4.78, 5) is 29.7. The molecule has 1 N–H and O–H groups in total. The van der Waals surface area contributed by atoms with Crippen LogP contribution in [0.2, 0.25) is 0 Å². The Morgan fingerprint density at radius 1 is 1.17 bits per heavy atom. The highest BCUT2D eigenvalue weighted by Crippen LogP contribution is 2.19. The summed E-state index contributed by atoms with van der Waals surface area (Å²) in [6, 6.07) is 6.30. The first-order chi connectivity index (χ1) is 14.4. The molecule has 0 radical (unpaired) electrons. The number of hydrogen-bond acceptors (Lipinski definition) is 4. The second-order valence-electron chi connectivity index (χ2n) is 8.69. The zero-order valence-corrected chi connectivity index (χ0v) is 18.1. The first kappa shape index (κ1) is 22.7. The molecule has 1 aromatic carbocycles. The predicted octanol–water partition coefficient (Wildman–Crippen LogP) is 2.08. The lowest BCUT2D eigenvalue weighted by Crippen LogP contribution is -2.53. The van der Waals surface area contributed by atoms with Gasteiger partial charge in [-0.25, -0.2) is 4.39 Å². The number of carbonyl (C=O) groups excluding carboxylic acids is 2. The van der Waals surface area contributed by atoms with E-state index in [1.54, 1.807) is 17.0 Å². The van der Waals surface area contributed by atoms with Crippen molar-refractivity contribution in [2.24, 2.45) is 11.8 Å².